The third-order valence-corrected chi connectivity index (χ3v) is 5.01. The van der Waals surface area contributed by atoms with E-state index in [1.165, 1.54) is 19.0 Å². The van der Waals surface area contributed by atoms with E-state index in [4.69, 9.17) is 4.74 Å². The van der Waals surface area contributed by atoms with Gasteiger partial charge in [-0.15, -0.1) is 0 Å². The second-order valence-corrected chi connectivity index (χ2v) is 6.94. The maximum absolute atomic E-state index is 12.8. The summed E-state index contributed by atoms with van der Waals surface area (Å²) >= 11 is 0. The van der Waals surface area contributed by atoms with Gasteiger partial charge in [0.05, 0.1) is 24.6 Å². The predicted octanol–water partition coefficient (Wildman–Crippen LogP) is 2.15. The minimum atomic E-state index is 0.000485. The zero-order chi connectivity index (χ0) is 17.1. The van der Waals surface area contributed by atoms with Gasteiger partial charge in [-0.3, -0.25) is 9.78 Å². The minimum absolute atomic E-state index is 0.000485. The monoisotopic (exact) mass is 338 g/mol. The van der Waals surface area contributed by atoms with E-state index in [1.54, 1.807) is 12.3 Å². The Morgan fingerprint density at radius 3 is 2.76 bits per heavy atom. The smallest absolute Gasteiger partial charge is 0.255 e. The lowest BCUT2D eigenvalue weighted by molar-refractivity contribution is 0.0739. The van der Waals surface area contributed by atoms with Crippen molar-refractivity contribution in [3.8, 4) is 0 Å². The first-order valence-corrected chi connectivity index (χ1v) is 8.86. The molecule has 6 nitrogen and oxygen atoms in total. The van der Waals surface area contributed by atoms with Gasteiger partial charge >= 0.3 is 0 Å². The van der Waals surface area contributed by atoms with Crippen molar-refractivity contribution in [2.75, 3.05) is 26.3 Å². The van der Waals surface area contributed by atoms with Crippen LogP contribution in [0.4, 0.5) is 0 Å². The fraction of sp³-hybridized carbons (Fsp3) is 0.474. The van der Waals surface area contributed by atoms with Crippen LogP contribution in [0.3, 0.4) is 0 Å². The highest BCUT2D eigenvalue weighted by Gasteiger charge is 2.37. The Morgan fingerprint density at radius 2 is 2.04 bits per heavy atom. The normalized spacial score (nSPS) is 23.0. The van der Waals surface area contributed by atoms with Crippen molar-refractivity contribution in [1.82, 2.24) is 20.1 Å². The molecule has 1 saturated heterocycles. The van der Waals surface area contributed by atoms with Crippen molar-refractivity contribution >= 4 is 5.91 Å². The number of ether oxygens (including phenoxy) is 1. The number of carbonyl (C=O) groups excluding carboxylic acids is 1. The summed E-state index contributed by atoms with van der Waals surface area (Å²) in [6.45, 7) is 2.87. The highest BCUT2D eigenvalue weighted by atomic mass is 16.5. The summed E-state index contributed by atoms with van der Waals surface area (Å²) in [5, 5.41) is 7.56. The van der Waals surface area contributed by atoms with Gasteiger partial charge in [0.1, 0.15) is 0 Å². The standard InChI is InChI=1S/C19H22N4O2/c24-19(15-6-8-21-22-9-15)23-10-16(13-25-12-14-4-5-14)17(11-23)18-3-1-2-7-20-18/h1-3,6-9,14,16-17H,4-5,10-13H2/t16-,17+/m0/s1. The van der Waals surface area contributed by atoms with Crippen molar-refractivity contribution in [3.05, 3.63) is 54.1 Å². The van der Waals surface area contributed by atoms with Gasteiger partial charge in [0.15, 0.2) is 0 Å². The van der Waals surface area contributed by atoms with Gasteiger partial charge in [-0.2, -0.15) is 10.2 Å². The third kappa shape index (κ3) is 3.85. The highest BCUT2D eigenvalue weighted by molar-refractivity contribution is 5.94. The molecule has 0 N–H and O–H groups in total. The molecule has 1 aliphatic carbocycles. The molecule has 25 heavy (non-hydrogen) atoms. The van der Waals surface area contributed by atoms with Gasteiger partial charge in [-0.1, -0.05) is 6.07 Å². The number of likely N-dealkylation sites (tertiary alicyclic amines) is 1. The molecular formula is C19H22N4O2. The lowest BCUT2D eigenvalue weighted by atomic mass is 9.93. The first-order valence-electron chi connectivity index (χ1n) is 8.86. The molecule has 1 aliphatic heterocycles. The maximum Gasteiger partial charge on any atom is 0.255 e. The summed E-state index contributed by atoms with van der Waals surface area (Å²) in [6.07, 6.45) is 7.46. The average molecular weight is 338 g/mol. The van der Waals surface area contributed by atoms with Crippen LogP contribution in [0.25, 0.3) is 0 Å². The first-order chi connectivity index (χ1) is 12.3. The highest BCUT2D eigenvalue weighted by Crippen LogP contribution is 2.34. The van der Waals surface area contributed by atoms with Gasteiger partial charge in [0, 0.05) is 43.4 Å². The van der Waals surface area contributed by atoms with Crippen LogP contribution >= 0.6 is 0 Å². The molecule has 6 heteroatoms. The molecule has 4 rings (SSSR count). The summed E-state index contributed by atoms with van der Waals surface area (Å²) < 4.78 is 5.94. The van der Waals surface area contributed by atoms with Crippen LogP contribution < -0.4 is 0 Å². The number of rotatable bonds is 6. The Morgan fingerprint density at radius 1 is 1.12 bits per heavy atom. The Labute approximate surface area is 147 Å². The van der Waals surface area contributed by atoms with Gasteiger partial charge in [0.2, 0.25) is 0 Å². The number of pyridine rings is 1. The Bertz CT molecular complexity index is 706. The Hall–Kier alpha value is -2.34. The number of hydrogen-bond donors (Lipinski definition) is 0. The van der Waals surface area contributed by atoms with E-state index < -0.39 is 0 Å². The summed E-state index contributed by atoms with van der Waals surface area (Å²) in [5.74, 6) is 1.22. The second-order valence-electron chi connectivity index (χ2n) is 6.94. The van der Waals surface area contributed by atoms with E-state index in [-0.39, 0.29) is 17.7 Å². The van der Waals surface area contributed by atoms with Gasteiger partial charge in [-0.05, 0) is 37.0 Å². The third-order valence-electron chi connectivity index (χ3n) is 5.01. The molecule has 2 atom stereocenters. The van der Waals surface area contributed by atoms with Crippen LogP contribution in [0, 0.1) is 11.8 Å². The zero-order valence-electron chi connectivity index (χ0n) is 14.1. The number of amides is 1. The molecule has 0 radical (unpaired) electrons. The van der Waals surface area contributed by atoms with Crippen molar-refractivity contribution in [2.24, 2.45) is 11.8 Å². The Balaban J connectivity index is 1.48. The quantitative estimate of drug-likeness (QED) is 0.807. The molecule has 2 aromatic rings. The molecular weight excluding hydrogens is 316 g/mol. The fourth-order valence-corrected chi connectivity index (χ4v) is 3.41. The average Bonchev–Trinajstić information content (AvgIpc) is 3.40. The molecule has 0 unspecified atom stereocenters. The summed E-state index contributed by atoms with van der Waals surface area (Å²) in [7, 11) is 0. The van der Waals surface area contributed by atoms with E-state index >= 15 is 0 Å². The van der Waals surface area contributed by atoms with E-state index in [2.05, 4.69) is 15.2 Å². The molecule has 0 spiro atoms. The lowest BCUT2D eigenvalue weighted by Gasteiger charge is -2.17. The van der Waals surface area contributed by atoms with Crippen molar-refractivity contribution in [3.63, 3.8) is 0 Å². The number of nitrogens with zero attached hydrogens (tertiary/aromatic N) is 4. The van der Waals surface area contributed by atoms with E-state index in [1.807, 2.05) is 29.3 Å². The first kappa shape index (κ1) is 16.1. The predicted molar refractivity (Wildman–Crippen MR) is 91.9 cm³/mol. The van der Waals surface area contributed by atoms with Crippen LogP contribution in [-0.2, 0) is 4.74 Å². The topological polar surface area (TPSA) is 68.2 Å². The molecule has 1 amide bonds. The number of hydrogen-bond acceptors (Lipinski definition) is 5. The fourth-order valence-electron chi connectivity index (χ4n) is 3.41. The van der Waals surface area contributed by atoms with Crippen LogP contribution in [0.1, 0.15) is 34.8 Å². The molecule has 2 aliphatic rings. The zero-order valence-corrected chi connectivity index (χ0v) is 14.1. The SMILES string of the molecule is O=C(c1ccnnc1)N1C[C@@H](COCC2CC2)[C@H](c2ccccn2)C1. The van der Waals surface area contributed by atoms with E-state index in [9.17, 15) is 4.79 Å². The summed E-state index contributed by atoms with van der Waals surface area (Å²) in [6, 6.07) is 7.67. The molecule has 2 aromatic heterocycles. The van der Waals surface area contributed by atoms with Gasteiger partial charge in [-0.25, -0.2) is 0 Å². The molecule has 1 saturated carbocycles. The Kier molecular flexibility index (Phi) is 4.70. The number of carbonyl (C=O) groups is 1. The maximum atomic E-state index is 12.8. The molecule has 0 bridgehead atoms. The summed E-state index contributed by atoms with van der Waals surface area (Å²) in [5.41, 5.74) is 1.61. The van der Waals surface area contributed by atoms with Crippen LogP contribution in [0.5, 0.6) is 0 Å². The van der Waals surface area contributed by atoms with Crippen LogP contribution in [0.15, 0.2) is 42.9 Å². The second kappa shape index (κ2) is 7.27. The molecule has 0 aromatic carbocycles. The molecule has 2 fully saturated rings. The van der Waals surface area contributed by atoms with E-state index in [0.717, 1.165) is 18.2 Å². The minimum Gasteiger partial charge on any atom is -0.381 e. The molecule has 3 heterocycles. The van der Waals surface area contributed by atoms with Crippen LogP contribution in [-0.4, -0.2) is 52.3 Å². The number of aromatic nitrogens is 3. The molecule has 130 valence electrons. The van der Waals surface area contributed by atoms with Crippen LogP contribution in [0.2, 0.25) is 0 Å². The van der Waals surface area contributed by atoms with Gasteiger partial charge in [0.25, 0.3) is 5.91 Å². The van der Waals surface area contributed by atoms with Gasteiger partial charge < -0.3 is 9.64 Å². The summed E-state index contributed by atoms with van der Waals surface area (Å²) in [4.78, 5) is 19.2. The van der Waals surface area contributed by atoms with E-state index in [0.29, 0.717) is 25.3 Å². The van der Waals surface area contributed by atoms with Crippen molar-refractivity contribution in [1.29, 1.82) is 0 Å². The van der Waals surface area contributed by atoms with Crippen molar-refractivity contribution < 1.29 is 9.53 Å². The largest absolute Gasteiger partial charge is 0.381 e. The lowest BCUT2D eigenvalue weighted by Crippen LogP contribution is -2.29. The van der Waals surface area contributed by atoms with Crippen molar-refractivity contribution in [2.45, 2.75) is 18.8 Å².